The minimum atomic E-state index is -5.05. The number of nitro groups is 2. The minimum absolute atomic E-state index is 0.0545. The number of non-ortho nitro benzene ring substituents is 2. The largest absolute Gasteiger partial charge is 0.462 e. The first-order chi connectivity index (χ1) is 16.2. The van der Waals surface area contributed by atoms with Crippen molar-refractivity contribution >= 4 is 34.9 Å². The zero-order valence-electron chi connectivity index (χ0n) is 18.0. The van der Waals surface area contributed by atoms with Gasteiger partial charge >= 0.3 is 18.1 Å². The van der Waals surface area contributed by atoms with E-state index in [1.54, 1.807) is 0 Å². The fourth-order valence-corrected chi connectivity index (χ4v) is 2.67. The van der Waals surface area contributed by atoms with Crippen LogP contribution in [0.5, 0.6) is 0 Å². The van der Waals surface area contributed by atoms with Gasteiger partial charge in [0.2, 0.25) is 0 Å². The number of rotatable bonds is 8. The Morgan fingerprint density at radius 2 is 1.54 bits per heavy atom. The topological polar surface area (TPSA) is 168 Å². The molecular weight excluding hydrogens is 483 g/mol. The van der Waals surface area contributed by atoms with Gasteiger partial charge in [0.05, 0.1) is 38.8 Å². The first-order valence-electron chi connectivity index (χ1n) is 9.58. The molecule has 12 nitrogen and oxygen atoms in total. The maximum atomic E-state index is 13.3. The molecule has 0 aliphatic carbocycles. The molecule has 0 heterocycles. The van der Waals surface area contributed by atoms with Gasteiger partial charge in [-0.25, -0.2) is 9.59 Å². The Kier molecular flexibility index (Phi) is 8.07. The lowest BCUT2D eigenvalue weighted by molar-refractivity contribution is -0.385. The third kappa shape index (κ3) is 6.72. The molecule has 0 aliphatic rings. The molecule has 1 N–H and O–H groups in total. The number of anilines is 1. The number of alkyl halides is 3. The SMILES string of the molecule is CCOC(=O)c1cc(C(=O)OC(C)C(=O)Nc2ccc([N+](=O)[O-])cc2C(F)(F)F)cc([N+](=O)[O-])c1. The Balaban J connectivity index is 2.26. The average molecular weight is 499 g/mol. The Hall–Kier alpha value is -4.56. The fourth-order valence-electron chi connectivity index (χ4n) is 2.67. The van der Waals surface area contributed by atoms with Crippen LogP contribution in [-0.2, 0) is 20.4 Å². The van der Waals surface area contributed by atoms with E-state index in [-0.39, 0.29) is 18.2 Å². The van der Waals surface area contributed by atoms with Crippen molar-refractivity contribution in [3.8, 4) is 0 Å². The second-order valence-electron chi connectivity index (χ2n) is 6.77. The second kappa shape index (κ2) is 10.6. The third-order valence-corrected chi connectivity index (χ3v) is 4.31. The van der Waals surface area contributed by atoms with Crippen LogP contribution in [0.3, 0.4) is 0 Å². The number of nitrogens with one attached hydrogen (secondary N) is 1. The molecule has 0 spiro atoms. The number of hydrogen-bond acceptors (Lipinski definition) is 9. The molecule has 0 radical (unpaired) electrons. The molecule has 0 saturated carbocycles. The van der Waals surface area contributed by atoms with Gasteiger partial charge in [-0.3, -0.25) is 25.0 Å². The molecule has 1 atom stereocenters. The Morgan fingerprint density at radius 1 is 0.971 bits per heavy atom. The number of esters is 2. The summed E-state index contributed by atoms with van der Waals surface area (Å²) < 4.78 is 49.5. The lowest BCUT2D eigenvalue weighted by Crippen LogP contribution is -2.31. The highest BCUT2D eigenvalue weighted by molar-refractivity contribution is 5.99. The van der Waals surface area contributed by atoms with E-state index in [4.69, 9.17) is 9.47 Å². The molecule has 2 aromatic carbocycles. The standard InChI is InChI=1S/C20H16F3N3O9/c1-3-34-18(28)11-6-12(8-14(7-11)26(32)33)19(29)35-10(2)17(27)24-16-5-4-13(25(30)31)9-15(16)20(21,22)23/h4-10H,3H2,1-2H3,(H,24,27). The maximum absolute atomic E-state index is 13.3. The van der Waals surface area contributed by atoms with Gasteiger partial charge in [-0.05, 0) is 26.0 Å². The highest BCUT2D eigenvalue weighted by Crippen LogP contribution is 2.37. The van der Waals surface area contributed by atoms with E-state index in [0.29, 0.717) is 6.07 Å². The van der Waals surface area contributed by atoms with Crippen LogP contribution in [0.25, 0.3) is 0 Å². The predicted octanol–water partition coefficient (Wildman–Crippen LogP) is 3.88. The summed E-state index contributed by atoms with van der Waals surface area (Å²) in [4.78, 5) is 56.6. The van der Waals surface area contributed by atoms with Crippen molar-refractivity contribution in [2.45, 2.75) is 26.1 Å². The quantitative estimate of drug-likeness (QED) is 0.322. The number of hydrogen-bond donors (Lipinski definition) is 1. The summed E-state index contributed by atoms with van der Waals surface area (Å²) in [5.41, 5.74) is -4.68. The molecule has 0 aliphatic heterocycles. The summed E-state index contributed by atoms with van der Waals surface area (Å²) in [5, 5.41) is 23.8. The second-order valence-corrected chi connectivity index (χ2v) is 6.77. The van der Waals surface area contributed by atoms with Gasteiger partial charge in [0.15, 0.2) is 6.10 Å². The summed E-state index contributed by atoms with van der Waals surface area (Å²) in [6, 6.07) is 4.19. The smallest absolute Gasteiger partial charge is 0.418 e. The van der Waals surface area contributed by atoms with Crippen LogP contribution in [0, 0.1) is 20.2 Å². The molecule has 0 aromatic heterocycles. The van der Waals surface area contributed by atoms with E-state index in [2.05, 4.69) is 0 Å². The fraction of sp³-hybridized carbons (Fsp3) is 0.250. The van der Waals surface area contributed by atoms with E-state index < -0.39 is 68.2 Å². The van der Waals surface area contributed by atoms with Crippen LogP contribution in [-0.4, -0.2) is 40.4 Å². The molecule has 35 heavy (non-hydrogen) atoms. The molecule has 2 rings (SSSR count). The Morgan fingerprint density at radius 3 is 2.06 bits per heavy atom. The number of amides is 1. The van der Waals surface area contributed by atoms with Crippen LogP contribution in [0.15, 0.2) is 36.4 Å². The summed E-state index contributed by atoms with van der Waals surface area (Å²) in [6.07, 6.45) is -6.76. The number of ether oxygens (including phenoxy) is 2. The van der Waals surface area contributed by atoms with Crippen LogP contribution in [0.4, 0.5) is 30.2 Å². The van der Waals surface area contributed by atoms with Gasteiger partial charge in [-0.15, -0.1) is 0 Å². The Labute approximate surface area is 193 Å². The van der Waals surface area contributed by atoms with Gasteiger partial charge in [-0.1, -0.05) is 0 Å². The Bertz CT molecular complexity index is 1200. The lowest BCUT2D eigenvalue weighted by atomic mass is 10.1. The number of benzene rings is 2. The highest BCUT2D eigenvalue weighted by Gasteiger charge is 2.36. The number of carbonyl (C=O) groups excluding carboxylic acids is 3. The van der Waals surface area contributed by atoms with Crippen molar-refractivity contribution in [1.82, 2.24) is 0 Å². The lowest BCUT2D eigenvalue weighted by Gasteiger charge is -2.17. The van der Waals surface area contributed by atoms with E-state index in [9.17, 15) is 47.8 Å². The van der Waals surface area contributed by atoms with E-state index >= 15 is 0 Å². The molecule has 0 bridgehead atoms. The number of halogens is 3. The average Bonchev–Trinajstić information content (AvgIpc) is 2.78. The van der Waals surface area contributed by atoms with Crippen molar-refractivity contribution in [3.05, 3.63) is 73.3 Å². The molecule has 1 unspecified atom stereocenters. The van der Waals surface area contributed by atoms with Crippen molar-refractivity contribution in [3.63, 3.8) is 0 Å². The van der Waals surface area contributed by atoms with Crippen LogP contribution >= 0.6 is 0 Å². The summed E-state index contributed by atoms with van der Waals surface area (Å²) in [5.74, 6) is -3.48. The molecule has 15 heteroatoms. The van der Waals surface area contributed by atoms with Crippen molar-refractivity contribution in [2.75, 3.05) is 11.9 Å². The number of carbonyl (C=O) groups is 3. The van der Waals surface area contributed by atoms with Gasteiger partial charge < -0.3 is 14.8 Å². The number of nitrogens with zero attached hydrogens (tertiary/aromatic N) is 2. The summed E-state index contributed by atoms with van der Waals surface area (Å²) >= 11 is 0. The van der Waals surface area contributed by atoms with Gasteiger partial charge in [-0.2, -0.15) is 13.2 Å². The molecule has 0 fully saturated rings. The zero-order valence-corrected chi connectivity index (χ0v) is 18.0. The van der Waals surface area contributed by atoms with Crippen LogP contribution in [0.2, 0.25) is 0 Å². The van der Waals surface area contributed by atoms with Gasteiger partial charge in [0.1, 0.15) is 0 Å². The van der Waals surface area contributed by atoms with E-state index in [0.717, 1.165) is 31.2 Å². The molecular formula is C20H16F3N3O9. The predicted molar refractivity (Wildman–Crippen MR) is 111 cm³/mol. The maximum Gasteiger partial charge on any atom is 0.418 e. The van der Waals surface area contributed by atoms with Crippen molar-refractivity contribution < 1.29 is 46.9 Å². The first-order valence-corrected chi connectivity index (χ1v) is 9.58. The summed E-state index contributed by atoms with van der Waals surface area (Å²) in [7, 11) is 0. The van der Waals surface area contributed by atoms with Crippen molar-refractivity contribution in [1.29, 1.82) is 0 Å². The van der Waals surface area contributed by atoms with Crippen molar-refractivity contribution in [2.24, 2.45) is 0 Å². The van der Waals surface area contributed by atoms with E-state index in [1.165, 1.54) is 6.92 Å². The van der Waals surface area contributed by atoms with E-state index in [1.807, 2.05) is 5.32 Å². The third-order valence-electron chi connectivity index (χ3n) is 4.31. The molecule has 186 valence electrons. The zero-order chi connectivity index (χ0) is 26.5. The monoisotopic (exact) mass is 499 g/mol. The highest BCUT2D eigenvalue weighted by atomic mass is 19.4. The van der Waals surface area contributed by atoms with Crippen LogP contribution in [0.1, 0.15) is 40.1 Å². The molecule has 0 saturated heterocycles. The van der Waals surface area contributed by atoms with Gasteiger partial charge in [0.25, 0.3) is 17.3 Å². The molecule has 2 aromatic rings. The molecule has 1 amide bonds. The number of nitro benzene ring substituents is 2. The van der Waals surface area contributed by atoms with Crippen LogP contribution < -0.4 is 5.32 Å². The normalized spacial score (nSPS) is 11.8. The summed E-state index contributed by atoms with van der Waals surface area (Å²) in [6.45, 7) is 2.44. The van der Waals surface area contributed by atoms with Gasteiger partial charge in [0, 0.05) is 24.3 Å². The first kappa shape index (κ1) is 26.7. The minimum Gasteiger partial charge on any atom is -0.462 e.